The highest BCUT2D eigenvalue weighted by atomic mass is 16.7. The molecule has 2 saturated heterocycles. The van der Waals surface area contributed by atoms with Crippen molar-refractivity contribution in [2.24, 2.45) is 11.8 Å². The highest BCUT2D eigenvalue weighted by molar-refractivity contribution is 5.87. The van der Waals surface area contributed by atoms with E-state index in [1.165, 1.54) is 7.11 Å². The van der Waals surface area contributed by atoms with Crippen LogP contribution in [0.1, 0.15) is 103 Å². The number of ether oxygens (including phenoxy) is 5. The fourth-order valence-electron chi connectivity index (χ4n) is 9.82. The molecule has 0 spiro atoms. The van der Waals surface area contributed by atoms with E-state index in [0.717, 1.165) is 57.6 Å². The molecule has 2 fully saturated rings. The average Bonchev–Trinajstić information content (AvgIpc) is 4.22. The smallest absolute Gasteiger partial charge is 0.410 e. The summed E-state index contributed by atoms with van der Waals surface area (Å²) in [5.74, 6) is 1.59. The Kier molecular flexibility index (Phi) is 13.9. The van der Waals surface area contributed by atoms with Crippen LogP contribution in [-0.2, 0) is 36.9 Å². The fraction of sp³-hybridized carbons (Fsp3) is 0.453. The summed E-state index contributed by atoms with van der Waals surface area (Å²) in [6.45, 7) is 14.3. The maximum atomic E-state index is 14.5. The van der Waals surface area contributed by atoms with Crippen molar-refractivity contribution in [2.75, 3.05) is 27.0 Å². The number of aromatic amines is 2. The molecule has 4 aliphatic heterocycles. The van der Waals surface area contributed by atoms with Crippen LogP contribution >= 0.6 is 0 Å². The van der Waals surface area contributed by atoms with Gasteiger partial charge in [-0.25, -0.2) is 24.4 Å². The van der Waals surface area contributed by atoms with E-state index in [9.17, 15) is 24.0 Å². The Morgan fingerprint density at radius 1 is 0.764 bits per heavy atom. The maximum Gasteiger partial charge on any atom is 0.410 e. The Bertz CT molecular complexity index is 2780. The van der Waals surface area contributed by atoms with E-state index < -0.39 is 48.1 Å². The van der Waals surface area contributed by atoms with Crippen LogP contribution in [0.4, 0.5) is 14.4 Å². The molecule has 5 aromatic rings. The molecule has 0 aliphatic carbocycles. The first kappa shape index (κ1) is 49.4. The summed E-state index contributed by atoms with van der Waals surface area (Å²) >= 11 is 0. The van der Waals surface area contributed by atoms with Crippen LogP contribution in [-0.4, -0.2) is 116 Å². The molecule has 5 atom stereocenters. The molecule has 72 heavy (non-hydrogen) atoms. The van der Waals surface area contributed by atoms with Gasteiger partial charge in [-0.05, 0) is 85.4 Å². The van der Waals surface area contributed by atoms with Crippen LogP contribution in [0.25, 0.3) is 33.6 Å². The van der Waals surface area contributed by atoms with E-state index in [2.05, 4.69) is 20.6 Å². The van der Waals surface area contributed by atoms with E-state index in [0.29, 0.717) is 42.8 Å². The number of methoxy groups -OCH3 is 1. The van der Waals surface area contributed by atoms with Crippen molar-refractivity contribution >= 4 is 30.1 Å². The number of hydrogen-bond donors (Lipinski definition) is 4. The van der Waals surface area contributed by atoms with Gasteiger partial charge < -0.3 is 54.1 Å². The SMILES string of the molecule is COC(=O)N[C@H](C(=O)N1CCC[C@H]1c1nc(-c2ccc(-c3ccc(-c4cnc([C@@H]5C[C@@H](OC(=O)N6Cc7cc8c(cc7C6)OCO8)CN5C(=O)[C@@H](NC(=O)OC(C)(C)C)C(C)C)[nH]4)cc3)cc2)c[nH]1)C(C)C. The molecule has 0 saturated carbocycles. The summed E-state index contributed by atoms with van der Waals surface area (Å²) in [6.07, 6.45) is 2.93. The lowest BCUT2D eigenvalue weighted by Gasteiger charge is -2.31. The number of carbonyl (C=O) groups excluding carboxylic acids is 5. The number of amides is 5. The number of nitrogens with zero attached hydrogens (tertiary/aromatic N) is 5. The minimum atomic E-state index is -0.925. The predicted octanol–water partition coefficient (Wildman–Crippen LogP) is 8.25. The number of carbonyl (C=O) groups is 5. The fourth-order valence-corrected chi connectivity index (χ4v) is 9.82. The third kappa shape index (κ3) is 10.6. The van der Waals surface area contributed by atoms with E-state index in [-0.39, 0.29) is 49.5 Å². The zero-order chi connectivity index (χ0) is 51.0. The number of H-pyrrole nitrogens is 2. The first-order valence-corrected chi connectivity index (χ1v) is 24.6. The van der Waals surface area contributed by atoms with Crippen molar-refractivity contribution in [3.05, 3.63) is 95.8 Å². The van der Waals surface area contributed by atoms with Crippen LogP contribution < -0.4 is 20.1 Å². The monoisotopic (exact) mass is 985 g/mol. The molecule has 5 amide bonds. The van der Waals surface area contributed by atoms with E-state index in [1.54, 1.807) is 41.7 Å². The number of rotatable bonds is 12. The van der Waals surface area contributed by atoms with Gasteiger partial charge in [0.15, 0.2) is 11.5 Å². The second-order valence-corrected chi connectivity index (χ2v) is 20.5. The highest BCUT2D eigenvalue weighted by Crippen LogP contribution is 2.40. The number of hydrogen-bond acceptors (Lipinski definition) is 12. The number of likely N-dealkylation sites (tertiary alicyclic amines) is 2. The lowest BCUT2D eigenvalue weighted by molar-refractivity contribution is -0.136. The van der Waals surface area contributed by atoms with Gasteiger partial charge in [-0.15, -0.1) is 0 Å². The molecule has 0 bridgehead atoms. The van der Waals surface area contributed by atoms with Crippen molar-refractivity contribution in [2.45, 2.75) is 117 Å². The van der Waals surface area contributed by atoms with Gasteiger partial charge in [-0.2, -0.15) is 0 Å². The van der Waals surface area contributed by atoms with Crippen molar-refractivity contribution in [1.29, 1.82) is 0 Å². The van der Waals surface area contributed by atoms with Gasteiger partial charge in [0.25, 0.3) is 0 Å². The minimum absolute atomic E-state index is 0.0900. The summed E-state index contributed by atoms with van der Waals surface area (Å²) in [7, 11) is 1.28. The third-order valence-electron chi connectivity index (χ3n) is 13.6. The summed E-state index contributed by atoms with van der Waals surface area (Å²) in [5.41, 5.74) is 6.42. The average molecular weight is 986 g/mol. The molecule has 19 nitrogen and oxygen atoms in total. The summed E-state index contributed by atoms with van der Waals surface area (Å²) in [6, 6.07) is 17.5. The van der Waals surface area contributed by atoms with E-state index >= 15 is 0 Å². The van der Waals surface area contributed by atoms with Crippen LogP contribution in [0.2, 0.25) is 0 Å². The van der Waals surface area contributed by atoms with Crippen molar-refractivity contribution in [3.63, 3.8) is 0 Å². The van der Waals surface area contributed by atoms with Gasteiger partial charge in [-0.1, -0.05) is 76.2 Å². The second kappa shape index (κ2) is 20.3. The van der Waals surface area contributed by atoms with Crippen LogP contribution in [0.5, 0.6) is 11.5 Å². The number of imidazole rings is 2. The number of nitrogens with one attached hydrogen (secondary N) is 4. The topological polar surface area (TPSA) is 223 Å². The lowest BCUT2D eigenvalue weighted by Crippen LogP contribution is -2.52. The van der Waals surface area contributed by atoms with Gasteiger partial charge in [-0.3, -0.25) is 14.5 Å². The molecule has 4 N–H and O–H groups in total. The van der Waals surface area contributed by atoms with Gasteiger partial charge in [0, 0.05) is 37.8 Å². The molecule has 2 aromatic heterocycles. The zero-order valence-corrected chi connectivity index (χ0v) is 41.9. The van der Waals surface area contributed by atoms with Crippen molar-refractivity contribution in [1.82, 2.24) is 45.3 Å². The van der Waals surface area contributed by atoms with Gasteiger partial charge in [0.2, 0.25) is 18.6 Å². The summed E-state index contributed by atoms with van der Waals surface area (Å²) in [5, 5.41) is 5.49. The number of benzene rings is 3. The summed E-state index contributed by atoms with van der Waals surface area (Å²) in [4.78, 5) is 88.4. The highest BCUT2D eigenvalue weighted by Gasteiger charge is 2.44. The van der Waals surface area contributed by atoms with Crippen LogP contribution in [0.3, 0.4) is 0 Å². The first-order chi connectivity index (χ1) is 34.4. The van der Waals surface area contributed by atoms with Crippen LogP contribution in [0.15, 0.2) is 73.1 Å². The molecule has 19 heteroatoms. The maximum absolute atomic E-state index is 14.5. The lowest BCUT2D eigenvalue weighted by atomic mass is 10.0. The minimum Gasteiger partial charge on any atom is -0.454 e. The van der Waals surface area contributed by atoms with E-state index in [1.807, 2.05) is 94.6 Å². The third-order valence-corrected chi connectivity index (χ3v) is 13.6. The van der Waals surface area contributed by atoms with Gasteiger partial charge >= 0.3 is 18.3 Å². The van der Waals surface area contributed by atoms with Crippen molar-refractivity contribution < 1.29 is 47.7 Å². The Balaban J connectivity index is 0.880. The number of alkyl carbamates (subject to hydrolysis) is 2. The predicted molar refractivity (Wildman–Crippen MR) is 264 cm³/mol. The van der Waals surface area contributed by atoms with Crippen molar-refractivity contribution in [3.8, 4) is 45.1 Å². The van der Waals surface area contributed by atoms with Crippen LogP contribution in [0, 0.1) is 11.8 Å². The number of fused-ring (bicyclic) bond motifs is 2. The summed E-state index contributed by atoms with van der Waals surface area (Å²) < 4.78 is 27.5. The second-order valence-electron chi connectivity index (χ2n) is 20.5. The molecule has 0 unspecified atom stereocenters. The van der Waals surface area contributed by atoms with Gasteiger partial charge in [0.1, 0.15) is 35.4 Å². The molecule has 6 heterocycles. The standard InChI is InChI=1S/C53H63N9O10/c1-29(2)44(58-50(65)68-8)48(63)61-19-9-10-40(61)46-54-23-38(56-46)33-15-11-31(12-16-33)32-13-17-34(18-14-32)39-24-55-47(57-39)41-22-37(27-62(41)49(64)45(30(3)4)59-51(66)72-53(5,6)7)71-52(67)60-25-35-20-42-43(70-28-69-42)21-36(35)26-60/h11-18,20-21,23-24,29-30,37,40-41,44-45H,9-10,19,22,25-28H2,1-8H3,(H,54,56)(H,55,57)(H,58,65)(H,59,66)/t37-,40+,41+,44+,45+/m1/s1. The normalized spacial score (nSPS) is 19.1. The molecule has 4 aliphatic rings. The quantitative estimate of drug-likeness (QED) is 0.0868. The molecular formula is C53H63N9O10. The molecule has 3 aromatic carbocycles. The number of aromatic nitrogens is 4. The Labute approximate surface area is 418 Å². The first-order valence-electron chi connectivity index (χ1n) is 24.6. The molecule has 380 valence electrons. The van der Waals surface area contributed by atoms with Gasteiger partial charge in [0.05, 0.1) is 43.3 Å². The Hall–Kier alpha value is -7.57. The molecule has 9 rings (SSSR count). The van der Waals surface area contributed by atoms with E-state index in [4.69, 9.17) is 33.7 Å². The molecule has 0 radical (unpaired) electrons. The Morgan fingerprint density at radius 3 is 1.94 bits per heavy atom. The molecular weight excluding hydrogens is 923 g/mol. The zero-order valence-electron chi connectivity index (χ0n) is 41.9. The Morgan fingerprint density at radius 2 is 1.35 bits per heavy atom. The largest absolute Gasteiger partial charge is 0.454 e.